The third-order valence-corrected chi connectivity index (χ3v) is 4.62. The van der Waals surface area contributed by atoms with Gasteiger partial charge in [0.2, 0.25) is 5.91 Å². The number of hydrogen-bond acceptors (Lipinski definition) is 3. The molecule has 0 heterocycles. The summed E-state index contributed by atoms with van der Waals surface area (Å²) in [6.07, 6.45) is 5.32. The van der Waals surface area contributed by atoms with Crippen LogP contribution in [-0.2, 0) is 4.79 Å². The Morgan fingerprint density at radius 2 is 1.96 bits per heavy atom. The zero-order valence-electron chi connectivity index (χ0n) is 13.1. The Morgan fingerprint density at radius 3 is 2.61 bits per heavy atom. The average molecular weight is 339 g/mol. The van der Waals surface area contributed by atoms with Gasteiger partial charge in [-0.1, -0.05) is 55.5 Å². The number of benzene rings is 1. The molecular formula is C17H23ClN2O3. The van der Waals surface area contributed by atoms with E-state index in [2.05, 4.69) is 10.6 Å². The summed E-state index contributed by atoms with van der Waals surface area (Å²) in [5.74, 6) is -0.297. The van der Waals surface area contributed by atoms with Gasteiger partial charge in [0.15, 0.2) is 0 Å². The first-order chi connectivity index (χ1) is 11.1. The number of amides is 3. The second kappa shape index (κ2) is 8.89. The van der Waals surface area contributed by atoms with Crippen molar-refractivity contribution in [3.05, 3.63) is 34.9 Å². The second-order valence-corrected chi connectivity index (χ2v) is 6.34. The molecule has 0 saturated heterocycles. The van der Waals surface area contributed by atoms with E-state index in [0.717, 1.165) is 18.4 Å². The molecule has 1 aliphatic carbocycles. The van der Waals surface area contributed by atoms with Crippen molar-refractivity contribution in [2.24, 2.45) is 5.92 Å². The van der Waals surface area contributed by atoms with Gasteiger partial charge in [-0.3, -0.25) is 10.1 Å². The molecule has 1 aliphatic rings. The van der Waals surface area contributed by atoms with E-state index >= 15 is 0 Å². The van der Waals surface area contributed by atoms with Gasteiger partial charge >= 0.3 is 6.03 Å². The first-order valence-corrected chi connectivity index (χ1v) is 8.43. The van der Waals surface area contributed by atoms with Crippen molar-refractivity contribution in [3.63, 3.8) is 0 Å². The van der Waals surface area contributed by atoms with E-state index in [9.17, 15) is 9.59 Å². The SMILES string of the molecule is O=C(NCCO)NC(=O)C(CC1CCCC1)c1ccccc1Cl. The minimum absolute atomic E-state index is 0.110. The number of urea groups is 1. The lowest BCUT2D eigenvalue weighted by Crippen LogP contribution is -2.43. The predicted octanol–water partition coefficient (Wildman–Crippen LogP) is 2.82. The Kier molecular flexibility index (Phi) is 6.86. The minimum Gasteiger partial charge on any atom is -0.395 e. The number of rotatable bonds is 6. The third-order valence-electron chi connectivity index (χ3n) is 4.27. The van der Waals surface area contributed by atoms with Crippen LogP contribution < -0.4 is 10.6 Å². The summed E-state index contributed by atoms with van der Waals surface area (Å²) >= 11 is 6.26. The van der Waals surface area contributed by atoms with Gasteiger partial charge in [-0.2, -0.15) is 0 Å². The van der Waals surface area contributed by atoms with E-state index in [-0.39, 0.29) is 19.1 Å². The minimum atomic E-state index is -0.590. The van der Waals surface area contributed by atoms with Gasteiger partial charge in [-0.05, 0) is 24.0 Å². The Bertz CT molecular complexity index is 544. The molecule has 3 N–H and O–H groups in total. The van der Waals surface area contributed by atoms with Crippen LogP contribution in [-0.4, -0.2) is 30.2 Å². The maximum Gasteiger partial charge on any atom is 0.321 e. The molecule has 5 nitrogen and oxygen atoms in total. The lowest BCUT2D eigenvalue weighted by molar-refractivity contribution is -0.121. The fraction of sp³-hybridized carbons (Fsp3) is 0.529. The summed E-state index contributed by atoms with van der Waals surface area (Å²) < 4.78 is 0. The van der Waals surface area contributed by atoms with Crippen LogP contribution in [0.1, 0.15) is 43.6 Å². The van der Waals surface area contributed by atoms with Crippen LogP contribution in [0.4, 0.5) is 4.79 Å². The predicted molar refractivity (Wildman–Crippen MR) is 89.4 cm³/mol. The molecule has 1 atom stereocenters. The highest BCUT2D eigenvalue weighted by Gasteiger charge is 2.28. The van der Waals surface area contributed by atoms with Crippen molar-refractivity contribution in [1.29, 1.82) is 0 Å². The first-order valence-electron chi connectivity index (χ1n) is 8.05. The van der Waals surface area contributed by atoms with Gasteiger partial charge in [-0.25, -0.2) is 4.79 Å². The smallest absolute Gasteiger partial charge is 0.321 e. The Hall–Kier alpha value is -1.59. The van der Waals surface area contributed by atoms with Gasteiger partial charge in [0, 0.05) is 11.6 Å². The standard InChI is InChI=1S/C17H23ClN2O3/c18-15-8-4-3-7-13(15)14(11-12-5-1-2-6-12)16(22)20-17(23)19-9-10-21/h3-4,7-8,12,14,21H,1-2,5-6,9-11H2,(H2,19,20,22,23). The number of aliphatic hydroxyl groups excluding tert-OH is 1. The maximum absolute atomic E-state index is 12.6. The second-order valence-electron chi connectivity index (χ2n) is 5.93. The molecular weight excluding hydrogens is 316 g/mol. The van der Waals surface area contributed by atoms with Gasteiger partial charge in [0.1, 0.15) is 0 Å². The van der Waals surface area contributed by atoms with Crippen molar-refractivity contribution < 1.29 is 14.7 Å². The van der Waals surface area contributed by atoms with E-state index in [1.807, 2.05) is 18.2 Å². The van der Waals surface area contributed by atoms with Crippen LogP contribution >= 0.6 is 11.6 Å². The Balaban J connectivity index is 2.10. The number of aliphatic hydroxyl groups is 1. The molecule has 1 fully saturated rings. The fourth-order valence-electron chi connectivity index (χ4n) is 3.12. The van der Waals surface area contributed by atoms with Gasteiger partial charge in [0.05, 0.1) is 12.5 Å². The summed E-state index contributed by atoms with van der Waals surface area (Å²) in [6.45, 7) is -0.0594. The molecule has 0 aliphatic heterocycles. The normalized spacial score (nSPS) is 16.1. The molecule has 0 bridgehead atoms. The third kappa shape index (κ3) is 5.22. The number of carbonyl (C=O) groups is 2. The molecule has 0 aromatic heterocycles. The molecule has 6 heteroatoms. The zero-order chi connectivity index (χ0) is 16.7. The molecule has 23 heavy (non-hydrogen) atoms. The zero-order valence-corrected chi connectivity index (χ0v) is 13.8. The molecule has 126 valence electrons. The lowest BCUT2D eigenvalue weighted by Gasteiger charge is -2.21. The highest BCUT2D eigenvalue weighted by atomic mass is 35.5. The van der Waals surface area contributed by atoms with Crippen molar-refractivity contribution >= 4 is 23.5 Å². The highest BCUT2D eigenvalue weighted by Crippen LogP contribution is 2.36. The van der Waals surface area contributed by atoms with E-state index in [0.29, 0.717) is 17.4 Å². The molecule has 0 radical (unpaired) electrons. The van der Waals surface area contributed by atoms with E-state index in [4.69, 9.17) is 16.7 Å². The lowest BCUT2D eigenvalue weighted by atomic mass is 9.87. The largest absolute Gasteiger partial charge is 0.395 e. The van der Waals surface area contributed by atoms with Gasteiger partial charge < -0.3 is 10.4 Å². The number of hydrogen-bond donors (Lipinski definition) is 3. The summed E-state index contributed by atoms with van der Waals surface area (Å²) in [7, 11) is 0. The summed E-state index contributed by atoms with van der Waals surface area (Å²) in [4.78, 5) is 24.2. The molecule has 1 saturated carbocycles. The quantitative estimate of drug-likeness (QED) is 0.746. The number of carbonyl (C=O) groups excluding carboxylic acids is 2. The molecule has 2 rings (SSSR count). The molecule has 1 aromatic carbocycles. The number of halogens is 1. The molecule has 1 aromatic rings. The highest BCUT2D eigenvalue weighted by molar-refractivity contribution is 6.31. The van der Waals surface area contributed by atoms with Crippen LogP contribution in [0.2, 0.25) is 5.02 Å². The van der Waals surface area contributed by atoms with Crippen LogP contribution in [0.15, 0.2) is 24.3 Å². The summed E-state index contributed by atoms with van der Waals surface area (Å²) in [6, 6.07) is 6.68. The summed E-state index contributed by atoms with van der Waals surface area (Å²) in [5, 5.41) is 14.0. The van der Waals surface area contributed by atoms with Crippen molar-refractivity contribution in [2.75, 3.05) is 13.2 Å². The van der Waals surface area contributed by atoms with E-state index in [1.165, 1.54) is 12.8 Å². The van der Waals surface area contributed by atoms with Gasteiger partial charge in [0.25, 0.3) is 0 Å². The first kappa shape index (κ1) is 17.8. The van der Waals surface area contributed by atoms with Crippen LogP contribution in [0.3, 0.4) is 0 Å². The Labute approximate surface area is 141 Å². The molecule has 0 spiro atoms. The fourth-order valence-corrected chi connectivity index (χ4v) is 3.39. The topological polar surface area (TPSA) is 78.4 Å². The maximum atomic E-state index is 12.6. The summed E-state index contributed by atoms with van der Waals surface area (Å²) in [5.41, 5.74) is 0.758. The number of nitrogens with one attached hydrogen (secondary N) is 2. The molecule has 1 unspecified atom stereocenters. The van der Waals surface area contributed by atoms with Crippen molar-refractivity contribution in [3.8, 4) is 0 Å². The number of imide groups is 1. The monoisotopic (exact) mass is 338 g/mol. The van der Waals surface area contributed by atoms with Crippen molar-refractivity contribution in [2.45, 2.75) is 38.0 Å². The van der Waals surface area contributed by atoms with Crippen LogP contribution in [0, 0.1) is 5.92 Å². The van der Waals surface area contributed by atoms with Gasteiger partial charge in [-0.15, -0.1) is 0 Å². The van der Waals surface area contributed by atoms with Crippen molar-refractivity contribution in [1.82, 2.24) is 10.6 Å². The van der Waals surface area contributed by atoms with E-state index in [1.54, 1.807) is 6.07 Å². The average Bonchev–Trinajstić information content (AvgIpc) is 3.04. The van der Waals surface area contributed by atoms with E-state index < -0.39 is 11.9 Å². The van der Waals surface area contributed by atoms with Crippen LogP contribution in [0.25, 0.3) is 0 Å². The van der Waals surface area contributed by atoms with Crippen LogP contribution in [0.5, 0.6) is 0 Å². The Morgan fingerprint density at radius 1 is 1.26 bits per heavy atom. The molecule has 3 amide bonds.